The second-order valence-corrected chi connectivity index (χ2v) is 15.2. The molecule has 0 N–H and O–H groups in total. The lowest BCUT2D eigenvalue weighted by Gasteiger charge is -2.34. The van der Waals surface area contributed by atoms with Gasteiger partial charge in [0.25, 0.3) is 5.69 Å². The number of nitro groups is 1. The Morgan fingerprint density at radius 3 is 1.81 bits per heavy atom. The van der Waals surface area contributed by atoms with E-state index in [-0.39, 0.29) is 50.2 Å². The molecule has 0 amide bonds. The van der Waals surface area contributed by atoms with Crippen molar-refractivity contribution >= 4 is 37.6 Å². The zero-order valence-electron chi connectivity index (χ0n) is 28.2. The van der Waals surface area contributed by atoms with Gasteiger partial charge in [-0.05, 0) is 32.8 Å². The standard InChI is InChI=1S/C31H50N5O10P/c1-31(2,3)46-29(39)23-34-14-12-32(18-20-37)10-11-33(19-21-38)13-16-35(17-15-34)25-47(43,45-5)24-27(30(40)44-4)22-26-6-8-28(9-7-26)36(41)42/h6-9,20-21,27H,10-19,22-25H2,1-5H3. The molecule has 1 fully saturated rings. The first-order valence-electron chi connectivity index (χ1n) is 15.6. The van der Waals surface area contributed by atoms with Crippen molar-refractivity contribution in [1.82, 2.24) is 19.6 Å². The third-order valence-corrected chi connectivity index (χ3v) is 10.3. The molecule has 2 rings (SSSR count). The van der Waals surface area contributed by atoms with Crippen LogP contribution in [0.4, 0.5) is 5.69 Å². The number of methoxy groups -OCH3 is 1. The summed E-state index contributed by atoms with van der Waals surface area (Å²) < 4.78 is 30.4. The van der Waals surface area contributed by atoms with Crippen molar-refractivity contribution in [3.05, 3.63) is 39.9 Å². The van der Waals surface area contributed by atoms with Gasteiger partial charge in [-0.15, -0.1) is 0 Å². The van der Waals surface area contributed by atoms with E-state index < -0.39 is 29.8 Å². The maximum atomic E-state index is 14.3. The number of hydrogen-bond acceptors (Lipinski definition) is 14. The van der Waals surface area contributed by atoms with E-state index in [1.165, 1.54) is 26.4 Å². The lowest BCUT2D eigenvalue weighted by molar-refractivity contribution is -0.384. The fourth-order valence-electron chi connectivity index (χ4n) is 5.27. The molecular weight excluding hydrogens is 633 g/mol. The van der Waals surface area contributed by atoms with E-state index in [1.54, 1.807) is 32.9 Å². The number of carbonyl (C=O) groups excluding carboxylic acids is 4. The first-order valence-corrected chi connectivity index (χ1v) is 17.6. The van der Waals surface area contributed by atoms with Gasteiger partial charge in [-0.2, -0.15) is 0 Å². The van der Waals surface area contributed by atoms with Gasteiger partial charge in [-0.3, -0.25) is 43.9 Å². The molecule has 2 unspecified atom stereocenters. The van der Waals surface area contributed by atoms with Crippen molar-refractivity contribution in [2.75, 3.05) is 98.7 Å². The van der Waals surface area contributed by atoms with Crippen LogP contribution in [0.5, 0.6) is 0 Å². The van der Waals surface area contributed by atoms with Crippen LogP contribution >= 0.6 is 7.37 Å². The summed E-state index contributed by atoms with van der Waals surface area (Å²) in [6, 6.07) is 5.81. The third kappa shape index (κ3) is 15.1. The van der Waals surface area contributed by atoms with Gasteiger partial charge in [0, 0.05) is 77.8 Å². The fourth-order valence-corrected chi connectivity index (χ4v) is 7.49. The van der Waals surface area contributed by atoms with Gasteiger partial charge in [-0.25, -0.2) is 0 Å². The molecule has 1 heterocycles. The molecule has 1 saturated heterocycles. The molecular formula is C31H50N5O10P. The summed E-state index contributed by atoms with van der Waals surface area (Å²) in [5, 5.41) is 11.1. The molecule has 47 heavy (non-hydrogen) atoms. The smallest absolute Gasteiger partial charge is 0.320 e. The summed E-state index contributed by atoms with van der Waals surface area (Å²) in [4.78, 5) is 66.8. The Bertz CT molecular complexity index is 1230. The summed E-state index contributed by atoms with van der Waals surface area (Å²) in [5.41, 5.74) is -0.0929. The first-order chi connectivity index (χ1) is 22.2. The topological polar surface area (TPSA) is 169 Å². The van der Waals surface area contributed by atoms with E-state index in [0.717, 1.165) is 12.6 Å². The highest BCUT2D eigenvalue weighted by Gasteiger charge is 2.34. The molecule has 0 radical (unpaired) electrons. The molecule has 2 atom stereocenters. The van der Waals surface area contributed by atoms with Crippen molar-refractivity contribution in [3.63, 3.8) is 0 Å². The van der Waals surface area contributed by atoms with Crippen LogP contribution in [0.15, 0.2) is 24.3 Å². The fraction of sp³-hybridized carbons (Fsp3) is 0.677. The maximum absolute atomic E-state index is 14.3. The Morgan fingerprint density at radius 1 is 0.894 bits per heavy atom. The molecule has 1 aromatic carbocycles. The Labute approximate surface area is 277 Å². The molecule has 0 aromatic heterocycles. The number of carbonyl (C=O) groups is 4. The molecule has 15 nitrogen and oxygen atoms in total. The molecule has 1 aliphatic heterocycles. The number of esters is 2. The minimum absolute atomic E-state index is 0.00370. The number of aldehydes is 2. The quantitative estimate of drug-likeness (QED) is 0.0862. The summed E-state index contributed by atoms with van der Waals surface area (Å²) in [6.45, 7) is 9.55. The monoisotopic (exact) mass is 683 g/mol. The lowest BCUT2D eigenvalue weighted by Crippen LogP contribution is -2.48. The van der Waals surface area contributed by atoms with Crippen LogP contribution in [0.25, 0.3) is 0 Å². The van der Waals surface area contributed by atoms with Crippen LogP contribution in [0, 0.1) is 16.0 Å². The average molecular weight is 684 g/mol. The van der Waals surface area contributed by atoms with Gasteiger partial charge < -0.3 is 23.6 Å². The Kier molecular flexibility index (Phi) is 16.8. The number of rotatable bonds is 15. The molecule has 1 aromatic rings. The van der Waals surface area contributed by atoms with E-state index in [0.29, 0.717) is 57.9 Å². The van der Waals surface area contributed by atoms with Crippen molar-refractivity contribution < 1.29 is 42.7 Å². The predicted molar refractivity (Wildman–Crippen MR) is 176 cm³/mol. The number of hydrogen-bond donors (Lipinski definition) is 0. The van der Waals surface area contributed by atoms with E-state index in [1.807, 2.05) is 19.6 Å². The zero-order chi connectivity index (χ0) is 35.0. The highest BCUT2D eigenvalue weighted by Crippen LogP contribution is 2.49. The van der Waals surface area contributed by atoms with Gasteiger partial charge in [-0.1, -0.05) is 12.1 Å². The first kappa shape index (κ1) is 40.1. The minimum atomic E-state index is -3.49. The Morgan fingerprint density at radius 2 is 1.38 bits per heavy atom. The minimum Gasteiger partial charge on any atom is -0.469 e. The summed E-state index contributed by atoms with van der Waals surface area (Å²) in [7, 11) is -0.903. The number of benzene rings is 1. The maximum Gasteiger partial charge on any atom is 0.320 e. The van der Waals surface area contributed by atoms with Crippen LogP contribution in [0.3, 0.4) is 0 Å². The molecule has 0 aliphatic carbocycles. The van der Waals surface area contributed by atoms with Crippen molar-refractivity contribution in [3.8, 4) is 0 Å². The summed E-state index contributed by atoms with van der Waals surface area (Å²) >= 11 is 0. The Hall–Kier alpha value is -3.07. The van der Waals surface area contributed by atoms with Crippen LogP contribution in [-0.4, -0.2) is 153 Å². The number of ether oxygens (including phenoxy) is 2. The van der Waals surface area contributed by atoms with Crippen LogP contribution in [0.2, 0.25) is 0 Å². The number of nitrogens with zero attached hydrogens (tertiary/aromatic N) is 5. The van der Waals surface area contributed by atoms with Crippen molar-refractivity contribution in [2.45, 2.75) is 32.8 Å². The molecule has 1 aliphatic rings. The second-order valence-electron chi connectivity index (χ2n) is 12.6. The van der Waals surface area contributed by atoms with Gasteiger partial charge in [0.05, 0.1) is 43.9 Å². The number of nitro benzene ring substituents is 1. The third-order valence-electron chi connectivity index (χ3n) is 7.78. The molecule has 16 heteroatoms. The average Bonchev–Trinajstić information content (AvgIpc) is 3.01. The van der Waals surface area contributed by atoms with Gasteiger partial charge >= 0.3 is 11.9 Å². The van der Waals surface area contributed by atoms with Crippen molar-refractivity contribution in [2.24, 2.45) is 5.92 Å². The van der Waals surface area contributed by atoms with Crippen LogP contribution in [-0.2, 0) is 44.2 Å². The zero-order valence-corrected chi connectivity index (χ0v) is 29.1. The molecule has 0 saturated carbocycles. The van der Waals surface area contributed by atoms with E-state index >= 15 is 0 Å². The van der Waals surface area contributed by atoms with Crippen molar-refractivity contribution in [1.29, 1.82) is 0 Å². The molecule has 0 bridgehead atoms. The van der Waals surface area contributed by atoms with Gasteiger partial charge in [0.1, 0.15) is 18.2 Å². The Balaban J connectivity index is 2.30. The SMILES string of the molecule is COC(=O)C(Cc1ccc([N+](=O)[O-])cc1)CP(=O)(CN1CCN(CC=O)CCN(CC=O)CCN(CC(=O)OC(C)(C)C)CC1)OC. The lowest BCUT2D eigenvalue weighted by atomic mass is 10.0. The van der Waals surface area contributed by atoms with Gasteiger partial charge in [0.15, 0.2) is 0 Å². The van der Waals surface area contributed by atoms with E-state index in [2.05, 4.69) is 0 Å². The molecule has 264 valence electrons. The predicted octanol–water partition coefficient (Wildman–Crippen LogP) is 1.77. The largest absolute Gasteiger partial charge is 0.469 e. The normalized spacial score (nSPS) is 18.6. The second kappa shape index (κ2) is 19.7. The highest BCUT2D eigenvalue weighted by atomic mass is 31.2. The van der Waals surface area contributed by atoms with Crippen LogP contribution < -0.4 is 0 Å². The van der Waals surface area contributed by atoms with Crippen LogP contribution in [0.1, 0.15) is 26.3 Å². The highest BCUT2D eigenvalue weighted by molar-refractivity contribution is 7.58. The van der Waals surface area contributed by atoms with Gasteiger partial charge in [0.2, 0.25) is 7.37 Å². The molecule has 0 spiro atoms. The summed E-state index contributed by atoms with van der Waals surface area (Å²) in [5.74, 6) is -1.79. The summed E-state index contributed by atoms with van der Waals surface area (Å²) in [6.07, 6.45) is 1.68. The number of non-ortho nitro benzene ring substituents is 1. The van der Waals surface area contributed by atoms with E-state index in [9.17, 15) is 33.9 Å². The van der Waals surface area contributed by atoms with E-state index in [4.69, 9.17) is 14.0 Å².